The van der Waals surface area contributed by atoms with Gasteiger partial charge < -0.3 is 42.1 Å². The number of benzene rings is 2. The molecule has 0 saturated carbocycles. The maximum absolute atomic E-state index is 14.2. The van der Waals surface area contributed by atoms with Gasteiger partial charge in [0.05, 0.1) is 34.8 Å². The first-order chi connectivity index (χ1) is 31.8. The van der Waals surface area contributed by atoms with Crippen molar-refractivity contribution in [2.24, 2.45) is 0 Å². The molecular weight excluding hydrogens is 1040 g/mol. The minimum Gasteiger partial charge on any atom is -0.355 e. The molecule has 0 aromatic heterocycles. The molecule has 358 valence electrons. The number of halogens is 3. The Morgan fingerprint density at radius 3 is 1.62 bits per heavy atom. The number of hydrogen-bond acceptors (Lipinski definition) is 8. The molecule has 19 heteroatoms. The summed E-state index contributed by atoms with van der Waals surface area (Å²) in [6, 6.07) is 12.1. The molecule has 3 unspecified atom stereocenters. The number of terminal acetylenes is 1. The van der Waals surface area contributed by atoms with Gasteiger partial charge in [0.2, 0.25) is 47.3 Å². The van der Waals surface area contributed by atoms with Gasteiger partial charge in [0.15, 0.2) is 0 Å². The van der Waals surface area contributed by atoms with Crippen molar-refractivity contribution in [3.63, 3.8) is 0 Å². The standard InChI is InChI=1S/C47H61Br3N8O8/c1-3-23-54-45(64)36(17-8-11-24-51-41(60)28-48)56-47(66)38(19-10-13-26-53-43(62)30-50)57-46(65)37(18-9-12-25-52-42(61)29-49)55-40(59)21-22-44(63)58-31-34-15-5-4-14-33(34)27-32(2)35-16-6-7-20-39(35)58/h1,4-7,14-16,20,27,36-38H,8-13,17-19,21-26,28-31H2,2H3,(H,51,60)(H,52,61)(H,53,62)(H,54,64)(H,55,59)(H,56,66)(H,57,65)/b32-27-. The van der Waals surface area contributed by atoms with Gasteiger partial charge in [0.25, 0.3) is 0 Å². The third-order valence-electron chi connectivity index (χ3n) is 10.6. The number of hydrogen-bond donors (Lipinski definition) is 7. The smallest absolute Gasteiger partial charge is 0.243 e. The highest BCUT2D eigenvalue weighted by Crippen LogP contribution is 2.33. The van der Waals surface area contributed by atoms with Crippen molar-refractivity contribution >= 4 is 112 Å². The minimum atomic E-state index is -1.16. The number of anilines is 1. The van der Waals surface area contributed by atoms with Crippen LogP contribution in [0.1, 0.15) is 94.2 Å². The van der Waals surface area contributed by atoms with E-state index in [2.05, 4.69) is 97.0 Å². The molecular formula is C47H61Br3N8O8. The molecule has 0 radical (unpaired) electrons. The van der Waals surface area contributed by atoms with Crippen LogP contribution in [0.25, 0.3) is 11.6 Å². The lowest BCUT2D eigenvalue weighted by Crippen LogP contribution is -2.56. The lowest BCUT2D eigenvalue weighted by Gasteiger charge is -2.28. The summed E-state index contributed by atoms with van der Waals surface area (Å²) in [7, 11) is 0. The summed E-state index contributed by atoms with van der Waals surface area (Å²) in [5, 5.41) is 19.6. The predicted molar refractivity (Wildman–Crippen MR) is 266 cm³/mol. The molecule has 1 heterocycles. The number of nitrogens with one attached hydrogen (secondary N) is 7. The number of unbranched alkanes of at least 4 members (excludes halogenated alkanes) is 3. The van der Waals surface area contributed by atoms with E-state index in [1.54, 1.807) is 4.90 Å². The fourth-order valence-electron chi connectivity index (χ4n) is 7.13. The van der Waals surface area contributed by atoms with E-state index >= 15 is 0 Å². The normalized spacial score (nSPS) is 13.8. The monoisotopic (exact) mass is 1100 g/mol. The van der Waals surface area contributed by atoms with Gasteiger partial charge in [0, 0.05) is 38.0 Å². The first kappa shape index (κ1) is 55.3. The number of para-hydroxylation sites is 1. The molecule has 8 amide bonds. The number of alkyl halides is 3. The van der Waals surface area contributed by atoms with Crippen LogP contribution in [-0.4, -0.2) is 108 Å². The second-order valence-corrected chi connectivity index (χ2v) is 17.3. The van der Waals surface area contributed by atoms with Crippen molar-refractivity contribution in [3.05, 3.63) is 65.2 Å². The van der Waals surface area contributed by atoms with Crippen molar-refractivity contribution < 1.29 is 38.4 Å². The van der Waals surface area contributed by atoms with Crippen LogP contribution in [0.15, 0.2) is 48.5 Å². The lowest BCUT2D eigenvalue weighted by atomic mass is 9.96. The second-order valence-electron chi connectivity index (χ2n) is 15.6. The largest absolute Gasteiger partial charge is 0.355 e. The Morgan fingerprint density at radius 2 is 1.09 bits per heavy atom. The molecule has 0 spiro atoms. The van der Waals surface area contributed by atoms with Crippen molar-refractivity contribution in [2.75, 3.05) is 47.1 Å². The molecule has 7 N–H and O–H groups in total. The molecule has 3 rings (SSSR count). The first-order valence-electron chi connectivity index (χ1n) is 22.1. The van der Waals surface area contributed by atoms with Gasteiger partial charge in [-0.1, -0.05) is 102 Å². The third kappa shape index (κ3) is 19.8. The van der Waals surface area contributed by atoms with E-state index in [0.717, 1.165) is 28.0 Å². The SMILES string of the molecule is C#CCNC(=O)C(CCCCNC(=O)CBr)NC(=O)C(CCCCNC(=O)CBr)NC(=O)C(CCCCNC(=O)CBr)NC(=O)CCC(=O)N1Cc2ccccc2/C=C(/C)c2ccccc21. The zero-order valence-electron chi connectivity index (χ0n) is 37.3. The highest BCUT2D eigenvalue weighted by molar-refractivity contribution is 9.09. The number of carbonyl (C=O) groups excluding carboxylic acids is 8. The fourth-order valence-corrected chi connectivity index (χ4v) is 7.73. The predicted octanol–water partition coefficient (Wildman–Crippen LogP) is 4.12. The first-order valence-corrected chi connectivity index (χ1v) is 25.4. The Hall–Kier alpha value is -5.06. The Bertz CT molecular complexity index is 2060. The highest BCUT2D eigenvalue weighted by atomic mass is 79.9. The molecule has 1 aliphatic heterocycles. The Balaban J connectivity index is 1.81. The number of amides is 8. The van der Waals surface area contributed by atoms with Crippen LogP contribution in [0, 0.1) is 12.3 Å². The average molecular weight is 1110 g/mol. The van der Waals surface area contributed by atoms with Crippen LogP contribution in [0.4, 0.5) is 5.69 Å². The van der Waals surface area contributed by atoms with E-state index in [1.807, 2.05) is 55.5 Å². The Labute approximate surface area is 412 Å². The molecule has 0 aliphatic carbocycles. The maximum atomic E-state index is 14.2. The van der Waals surface area contributed by atoms with E-state index < -0.39 is 41.8 Å². The molecule has 66 heavy (non-hydrogen) atoms. The van der Waals surface area contributed by atoms with Crippen LogP contribution in [-0.2, 0) is 44.9 Å². The molecule has 0 fully saturated rings. The van der Waals surface area contributed by atoms with Crippen LogP contribution in [0.5, 0.6) is 0 Å². The summed E-state index contributed by atoms with van der Waals surface area (Å²) in [6.07, 6.45) is 10.3. The van der Waals surface area contributed by atoms with Gasteiger partial charge in [0.1, 0.15) is 18.1 Å². The van der Waals surface area contributed by atoms with Gasteiger partial charge in [-0.3, -0.25) is 38.4 Å². The van der Waals surface area contributed by atoms with Crippen LogP contribution >= 0.6 is 47.8 Å². The van der Waals surface area contributed by atoms with Gasteiger partial charge in [-0.2, -0.15) is 0 Å². The molecule has 1 aliphatic rings. The Kier molecular flexibility index (Phi) is 26.0. The number of carbonyl (C=O) groups is 8. The van der Waals surface area contributed by atoms with Gasteiger partial charge in [-0.05, 0) is 87.5 Å². The summed E-state index contributed by atoms with van der Waals surface area (Å²) in [5.74, 6) is -0.891. The summed E-state index contributed by atoms with van der Waals surface area (Å²) < 4.78 is 0. The molecule has 2 aromatic rings. The topological polar surface area (TPSA) is 224 Å². The van der Waals surface area contributed by atoms with Crippen molar-refractivity contribution in [3.8, 4) is 12.3 Å². The van der Waals surface area contributed by atoms with Crippen molar-refractivity contribution in [2.45, 2.75) is 102 Å². The van der Waals surface area contributed by atoms with E-state index in [0.29, 0.717) is 64.7 Å². The lowest BCUT2D eigenvalue weighted by molar-refractivity contribution is -0.134. The van der Waals surface area contributed by atoms with Gasteiger partial charge in [-0.25, -0.2) is 0 Å². The highest BCUT2D eigenvalue weighted by Gasteiger charge is 2.30. The minimum absolute atomic E-state index is 0.0736. The van der Waals surface area contributed by atoms with E-state index in [9.17, 15) is 38.4 Å². The number of rotatable bonds is 28. The summed E-state index contributed by atoms with van der Waals surface area (Å²) >= 11 is 9.33. The fraction of sp³-hybridized carbons (Fsp3) is 0.489. The molecule has 3 atom stereocenters. The number of allylic oxidation sites excluding steroid dienone is 1. The van der Waals surface area contributed by atoms with E-state index in [4.69, 9.17) is 6.42 Å². The molecule has 2 aromatic carbocycles. The van der Waals surface area contributed by atoms with Crippen molar-refractivity contribution in [1.29, 1.82) is 0 Å². The second kappa shape index (κ2) is 31.0. The van der Waals surface area contributed by atoms with Crippen molar-refractivity contribution in [1.82, 2.24) is 37.2 Å². The third-order valence-corrected chi connectivity index (χ3v) is 12.1. The molecule has 0 bridgehead atoms. The maximum Gasteiger partial charge on any atom is 0.243 e. The van der Waals surface area contributed by atoms with E-state index in [1.165, 1.54) is 0 Å². The zero-order chi connectivity index (χ0) is 48.3. The summed E-state index contributed by atoms with van der Waals surface area (Å²) in [6.45, 7) is 3.23. The summed E-state index contributed by atoms with van der Waals surface area (Å²) in [4.78, 5) is 106. The van der Waals surface area contributed by atoms with Gasteiger partial charge in [-0.15, -0.1) is 6.42 Å². The summed E-state index contributed by atoms with van der Waals surface area (Å²) in [5.41, 5.74) is 4.54. The van der Waals surface area contributed by atoms with Crippen LogP contribution in [0.2, 0.25) is 0 Å². The zero-order valence-corrected chi connectivity index (χ0v) is 42.0. The van der Waals surface area contributed by atoms with Crippen LogP contribution < -0.4 is 42.1 Å². The number of nitrogens with zero attached hydrogens (tertiary/aromatic N) is 1. The Morgan fingerprint density at radius 1 is 0.606 bits per heavy atom. The quantitative estimate of drug-likeness (QED) is 0.0372. The number of fused-ring (bicyclic) bond motifs is 2. The molecule has 16 nitrogen and oxygen atoms in total. The van der Waals surface area contributed by atoms with Gasteiger partial charge >= 0.3 is 0 Å². The molecule has 0 saturated heterocycles. The average Bonchev–Trinajstić information content (AvgIpc) is 3.31. The van der Waals surface area contributed by atoms with E-state index in [-0.39, 0.29) is 78.3 Å². The van der Waals surface area contributed by atoms with Crippen LogP contribution in [0.3, 0.4) is 0 Å².